The zero-order chi connectivity index (χ0) is 13.0. The standard InChI is InChI=1S/C14H19N3O/c1-3-10(2)14-16-13(18-17-14)9-8-11-6-4-5-7-12(11)15/h4-7,10H,3,8-9,15H2,1-2H3. The van der Waals surface area contributed by atoms with Crippen molar-refractivity contribution in [1.29, 1.82) is 0 Å². The largest absolute Gasteiger partial charge is 0.399 e. The Hall–Kier alpha value is -1.84. The molecule has 0 bridgehead atoms. The number of para-hydroxylation sites is 1. The van der Waals surface area contributed by atoms with Gasteiger partial charge in [-0.3, -0.25) is 0 Å². The summed E-state index contributed by atoms with van der Waals surface area (Å²) in [5, 5.41) is 4.00. The van der Waals surface area contributed by atoms with E-state index in [1.807, 2.05) is 24.3 Å². The van der Waals surface area contributed by atoms with Crippen LogP contribution >= 0.6 is 0 Å². The molecule has 1 atom stereocenters. The molecule has 4 nitrogen and oxygen atoms in total. The summed E-state index contributed by atoms with van der Waals surface area (Å²) >= 11 is 0. The summed E-state index contributed by atoms with van der Waals surface area (Å²) in [6.07, 6.45) is 2.58. The van der Waals surface area contributed by atoms with Crippen LogP contribution in [0, 0.1) is 0 Å². The molecule has 0 aliphatic heterocycles. The lowest BCUT2D eigenvalue weighted by Gasteiger charge is -2.02. The minimum atomic E-state index is 0.351. The molecule has 0 aliphatic carbocycles. The highest BCUT2D eigenvalue weighted by atomic mass is 16.5. The van der Waals surface area contributed by atoms with Gasteiger partial charge >= 0.3 is 0 Å². The molecule has 1 aromatic carbocycles. The van der Waals surface area contributed by atoms with Crippen molar-refractivity contribution in [2.75, 3.05) is 5.73 Å². The van der Waals surface area contributed by atoms with Crippen molar-refractivity contribution >= 4 is 5.69 Å². The van der Waals surface area contributed by atoms with E-state index in [4.69, 9.17) is 10.3 Å². The number of nitrogens with two attached hydrogens (primary N) is 1. The van der Waals surface area contributed by atoms with Gasteiger partial charge in [0, 0.05) is 18.0 Å². The number of benzene rings is 1. The normalized spacial score (nSPS) is 12.6. The number of hydrogen-bond acceptors (Lipinski definition) is 4. The Labute approximate surface area is 107 Å². The smallest absolute Gasteiger partial charge is 0.226 e. The van der Waals surface area contributed by atoms with Crippen molar-refractivity contribution in [3.63, 3.8) is 0 Å². The van der Waals surface area contributed by atoms with E-state index in [9.17, 15) is 0 Å². The minimum absolute atomic E-state index is 0.351. The van der Waals surface area contributed by atoms with Crippen LogP contribution in [-0.4, -0.2) is 10.1 Å². The molecule has 2 aromatic rings. The van der Waals surface area contributed by atoms with Crippen LogP contribution in [0.5, 0.6) is 0 Å². The number of nitrogens with zero attached hydrogens (tertiary/aromatic N) is 2. The van der Waals surface area contributed by atoms with Crippen LogP contribution in [0.1, 0.15) is 43.5 Å². The maximum Gasteiger partial charge on any atom is 0.226 e. The average molecular weight is 245 g/mol. The van der Waals surface area contributed by atoms with Gasteiger partial charge in [-0.15, -0.1) is 0 Å². The second-order valence-electron chi connectivity index (χ2n) is 4.55. The van der Waals surface area contributed by atoms with Crippen LogP contribution < -0.4 is 5.73 Å². The van der Waals surface area contributed by atoms with Gasteiger partial charge in [-0.2, -0.15) is 4.98 Å². The Morgan fingerprint density at radius 1 is 1.28 bits per heavy atom. The van der Waals surface area contributed by atoms with Gasteiger partial charge in [0.25, 0.3) is 0 Å². The highest BCUT2D eigenvalue weighted by molar-refractivity contribution is 5.46. The molecule has 1 heterocycles. The van der Waals surface area contributed by atoms with Gasteiger partial charge in [0.15, 0.2) is 5.82 Å². The summed E-state index contributed by atoms with van der Waals surface area (Å²) in [6, 6.07) is 7.87. The van der Waals surface area contributed by atoms with E-state index in [2.05, 4.69) is 24.0 Å². The first-order valence-electron chi connectivity index (χ1n) is 6.36. The molecule has 96 valence electrons. The summed E-state index contributed by atoms with van der Waals surface area (Å²) in [5.74, 6) is 1.84. The molecule has 0 amide bonds. The van der Waals surface area contributed by atoms with Crippen LogP contribution in [0.4, 0.5) is 5.69 Å². The van der Waals surface area contributed by atoms with E-state index in [-0.39, 0.29) is 0 Å². The lowest BCUT2D eigenvalue weighted by atomic mass is 10.1. The molecule has 4 heteroatoms. The number of aryl methyl sites for hydroxylation is 2. The lowest BCUT2D eigenvalue weighted by molar-refractivity contribution is 0.370. The quantitative estimate of drug-likeness (QED) is 0.822. The van der Waals surface area contributed by atoms with E-state index in [1.165, 1.54) is 0 Å². The average Bonchev–Trinajstić information content (AvgIpc) is 2.86. The van der Waals surface area contributed by atoms with Crippen LogP contribution in [0.25, 0.3) is 0 Å². The second kappa shape index (κ2) is 5.67. The van der Waals surface area contributed by atoms with Crippen LogP contribution in [0.2, 0.25) is 0 Å². The summed E-state index contributed by atoms with van der Waals surface area (Å²) in [5.41, 5.74) is 7.84. The molecule has 0 saturated carbocycles. The summed E-state index contributed by atoms with van der Waals surface area (Å²) < 4.78 is 5.25. The minimum Gasteiger partial charge on any atom is -0.399 e. The van der Waals surface area contributed by atoms with Crippen LogP contribution in [0.15, 0.2) is 28.8 Å². The molecular formula is C14H19N3O. The van der Waals surface area contributed by atoms with Crippen molar-refractivity contribution in [2.45, 2.75) is 39.0 Å². The molecule has 2 N–H and O–H groups in total. The van der Waals surface area contributed by atoms with Gasteiger partial charge < -0.3 is 10.3 Å². The zero-order valence-electron chi connectivity index (χ0n) is 10.9. The number of nitrogen functional groups attached to an aromatic ring is 1. The number of hydrogen-bond donors (Lipinski definition) is 1. The summed E-state index contributed by atoms with van der Waals surface area (Å²) in [6.45, 7) is 4.22. The molecule has 0 spiro atoms. The highest BCUT2D eigenvalue weighted by Gasteiger charge is 2.12. The van der Waals surface area contributed by atoms with Crippen LogP contribution in [-0.2, 0) is 12.8 Å². The van der Waals surface area contributed by atoms with Crippen LogP contribution in [0.3, 0.4) is 0 Å². The van der Waals surface area contributed by atoms with Gasteiger partial charge in [0.2, 0.25) is 5.89 Å². The van der Waals surface area contributed by atoms with Crippen molar-refractivity contribution in [3.05, 3.63) is 41.5 Å². The van der Waals surface area contributed by atoms with E-state index in [1.54, 1.807) is 0 Å². The lowest BCUT2D eigenvalue weighted by Crippen LogP contribution is -1.98. The van der Waals surface area contributed by atoms with Gasteiger partial charge in [-0.05, 0) is 24.5 Å². The van der Waals surface area contributed by atoms with E-state index >= 15 is 0 Å². The Kier molecular flexibility index (Phi) is 3.97. The van der Waals surface area contributed by atoms with Gasteiger partial charge in [0.1, 0.15) is 0 Å². The molecule has 0 radical (unpaired) electrons. The maximum absolute atomic E-state index is 5.89. The molecule has 0 fully saturated rings. The molecular weight excluding hydrogens is 226 g/mol. The number of aromatic nitrogens is 2. The van der Waals surface area contributed by atoms with Crippen molar-refractivity contribution in [3.8, 4) is 0 Å². The number of rotatable bonds is 5. The topological polar surface area (TPSA) is 64.9 Å². The van der Waals surface area contributed by atoms with Crippen molar-refractivity contribution in [2.24, 2.45) is 0 Å². The van der Waals surface area contributed by atoms with E-state index < -0.39 is 0 Å². The van der Waals surface area contributed by atoms with Crippen molar-refractivity contribution in [1.82, 2.24) is 10.1 Å². The first-order chi connectivity index (χ1) is 8.70. The molecule has 2 rings (SSSR count). The highest BCUT2D eigenvalue weighted by Crippen LogP contribution is 2.17. The predicted molar refractivity (Wildman–Crippen MR) is 71.3 cm³/mol. The molecule has 18 heavy (non-hydrogen) atoms. The summed E-state index contributed by atoms with van der Waals surface area (Å²) in [4.78, 5) is 4.41. The summed E-state index contributed by atoms with van der Waals surface area (Å²) in [7, 11) is 0. The fourth-order valence-corrected chi connectivity index (χ4v) is 1.76. The zero-order valence-corrected chi connectivity index (χ0v) is 10.9. The predicted octanol–water partition coefficient (Wildman–Crippen LogP) is 2.95. The molecule has 0 saturated heterocycles. The molecule has 1 aromatic heterocycles. The van der Waals surface area contributed by atoms with E-state index in [0.717, 1.165) is 36.3 Å². The monoisotopic (exact) mass is 245 g/mol. The first-order valence-corrected chi connectivity index (χ1v) is 6.36. The fraction of sp³-hybridized carbons (Fsp3) is 0.429. The molecule has 1 unspecified atom stereocenters. The van der Waals surface area contributed by atoms with Gasteiger partial charge in [-0.25, -0.2) is 0 Å². The maximum atomic E-state index is 5.89. The Bertz CT molecular complexity index is 507. The van der Waals surface area contributed by atoms with E-state index in [0.29, 0.717) is 11.8 Å². The Morgan fingerprint density at radius 2 is 2.06 bits per heavy atom. The van der Waals surface area contributed by atoms with Gasteiger partial charge in [0.05, 0.1) is 0 Å². The Balaban J connectivity index is 1.98. The number of anilines is 1. The third-order valence-electron chi connectivity index (χ3n) is 3.20. The second-order valence-corrected chi connectivity index (χ2v) is 4.55. The first kappa shape index (κ1) is 12.6. The SMILES string of the molecule is CCC(C)c1noc(CCc2ccccc2N)n1. The molecule has 0 aliphatic rings. The van der Waals surface area contributed by atoms with Gasteiger partial charge in [-0.1, -0.05) is 37.2 Å². The fourth-order valence-electron chi connectivity index (χ4n) is 1.76. The third-order valence-corrected chi connectivity index (χ3v) is 3.20. The Morgan fingerprint density at radius 3 is 2.78 bits per heavy atom. The van der Waals surface area contributed by atoms with Crippen molar-refractivity contribution < 1.29 is 4.52 Å². The third kappa shape index (κ3) is 2.88.